The molecule has 0 atom stereocenters. The van der Waals surface area contributed by atoms with Crippen LogP contribution in [0.3, 0.4) is 0 Å². The van der Waals surface area contributed by atoms with Gasteiger partial charge in [0.1, 0.15) is 0 Å². The number of hydrogen-bond acceptors (Lipinski definition) is 3. The van der Waals surface area contributed by atoms with Crippen molar-refractivity contribution >= 4 is 23.0 Å². The lowest BCUT2D eigenvalue weighted by Crippen LogP contribution is -2.04. The minimum atomic E-state index is -0.938. The zero-order valence-corrected chi connectivity index (χ0v) is 14.7. The van der Waals surface area contributed by atoms with Gasteiger partial charge in [0.25, 0.3) is 0 Å². The largest absolute Gasteiger partial charge is 0.478 e. The molecule has 0 aliphatic carbocycles. The van der Waals surface area contributed by atoms with Gasteiger partial charge in [-0.1, -0.05) is 42.5 Å². The Morgan fingerprint density at radius 1 is 0.846 bits per heavy atom. The number of carboxylic acid groups (broad SMARTS) is 1. The van der Waals surface area contributed by atoms with Crippen LogP contribution >= 0.6 is 0 Å². The van der Waals surface area contributed by atoms with Gasteiger partial charge in [0.05, 0.1) is 11.3 Å². The quantitative estimate of drug-likeness (QED) is 0.566. The third-order valence-electron chi connectivity index (χ3n) is 4.29. The first-order chi connectivity index (χ1) is 12.7. The van der Waals surface area contributed by atoms with Gasteiger partial charge in [-0.15, -0.1) is 0 Å². The van der Waals surface area contributed by atoms with Crippen molar-refractivity contribution < 1.29 is 9.90 Å². The van der Waals surface area contributed by atoms with Crippen molar-refractivity contribution in [2.75, 3.05) is 17.7 Å². The number of aryl methyl sites for hydroxylation is 2. The highest BCUT2D eigenvalue weighted by Crippen LogP contribution is 2.25. The Kier molecular flexibility index (Phi) is 5.54. The van der Waals surface area contributed by atoms with Crippen molar-refractivity contribution in [2.45, 2.75) is 12.8 Å². The van der Waals surface area contributed by atoms with Crippen molar-refractivity contribution in [1.29, 1.82) is 0 Å². The summed E-state index contributed by atoms with van der Waals surface area (Å²) in [6, 6.07) is 23.5. The third kappa shape index (κ3) is 4.42. The molecule has 0 unspecified atom stereocenters. The highest BCUT2D eigenvalue weighted by molar-refractivity contribution is 5.95. The van der Waals surface area contributed by atoms with E-state index in [1.165, 1.54) is 5.56 Å². The summed E-state index contributed by atoms with van der Waals surface area (Å²) >= 11 is 0. The van der Waals surface area contributed by atoms with Crippen LogP contribution in [0.4, 0.5) is 17.1 Å². The molecule has 0 radical (unpaired) electrons. The number of anilines is 3. The van der Waals surface area contributed by atoms with Crippen LogP contribution < -0.4 is 10.6 Å². The number of benzene rings is 3. The predicted molar refractivity (Wildman–Crippen MR) is 107 cm³/mol. The molecule has 0 aromatic heterocycles. The van der Waals surface area contributed by atoms with E-state index in [1.807, 2.05) is 61.6 Å². The first-order valence-electron chi connectivity index (χ1n) is 8.60. The Labute approximate surface area is 153 Å². The fourth-order valence-electron chi connectivity index (χ4n) is 2.88. The van der Waals surface area contributed by atoms with E-state index < -0.39 is 5.97 Å². The molecule has 0 heterocycles. The second-order valence-electron chi connectivity index (χ2n) is 6.13. The molecule has 0 saturated carbocycles. The molecular formula is C22H22N2O2. The number of carbonyl (C=O) groups is 1. The number of carboxylic acids is 1. The summed E-state index contributed by atoms with van der Waals surface area (Å²) in [4.78, 5) is 11.6. The SMILES string of the molecule is CNc1cccc(Nc2cc(CCc3ccccc3)ccc2C(=O)O)c1. The van der Waals surface area contributed by atoms with E-state index in [0.717, 1.165) is 29.8 Å². The molecule has 0 amide bonds. The molecule has 3 rings (SSSR count). The Bertz CT molecular complexity index is 892. The Balaban J connectivity index is 1.83. The second-order valence-corrected chi connectivity index (χ2v) is 6.13. The van der Waals surface area contributed by atoms with Gasteiger partial charge in [-0.05, 0) is 54.3 Å². The van der Waals surface area contributed by atoms with Gasteiger partial charge in [-0.2, -0.15) is 0 Å². The zero-order chi connectivity index (χ0) is 18.4. The maximum Gasteiger partial charge on any atom is 0.337 e. The molecule has 4 heteroatoms. The molecular weight excluding hydrogens is 324 g/mol. The maximum atomic E-state index is 11.6. The van der Waals surface area contributed by atoms with E-state index in [4.69, 9.17) is 0 Å². The summed E-state index contributed by atoms with van der Waals surface area (Å²) in [5.41, 5.74) is 5.06. The van der Waals surface area contributed by atoms with Gasteiger partial charge in [0.15, 0.2) is 0 Å². The first kappa shape index (κ1) is 17.5. The van der Waals surface area contributed by atoms with E-state index in [0.29, 0.717) is 5.69 Å². The van der Waals surface area contributed by atoms with Crippen molar-refractivity contribution in [3.05, 3.63) is 89.5 Å². The van der Waals surface area contributed by atoms with Gasteiger partial charge in [-0.3, -0.25) is 0 Å². The topological polar surface area (TPSA) is 61.4 Å². The smallest absolute Gasteiger partial charge is 0.337 e. The average Bonchev–Trinajstić information content (AvgIpc) is 2.67. The molecule has 0 saturated heterocycles. The molecule has 0 spiro atoms. The van der Waals surface area contributed by atoms with E-state index in [2.05, 4.69) is 22.8 Å². The summed E-state index contributed by atoms with van der Waals surface area (Å²) in [6.45, 7) is 0. The Morgan fingerprint density at radius 3 is 2.31 bits per heavy atom. The molecule has 3 aromatic rings. The summed E-state index contributed by atoms with van der Waals surface area (Å²) in [5, 5.41) is 15.8. The van der Waals surface area contributed by atoms with Gasteiger partial charge < -0.3 is 15.7 Å². The molecule has 3 N–H and O–H groups in total. The van der Waals surface area contributed by atoms with Crippen LogP contribution in [0.25, 0.3) is 0 Å². The number of rotatable bonds is 7. The minimum Gasteiger partial charge on any atom is -0.478 e. The highest BCUT2D eigenvalue weighted by atomic mass is 16.4. The average molecular weight is 346 g/mol. The molecule has 0 bridgehead atoms. The monoisotopic (exact) mass is 346 g/mol. The van der Waals surface area contributed by atoms with E-state index in [1.54, 1.807) is 6.07 Å². The summed E-state index contributed by atoms with van der Waals surface area (Å²) in [5.74, 6) is -0.938. The summed E-state index contributed by atoms with van der Waals surface area (Å²) in [6.07, 6.45) is 1.77. The second kappa shape index (κ2) is 8.21. The first-order valence-corrected chi connectivity index (χ1v) is 8.60. The van der Waals surface area contributed by atoms with Crippen LogP contribution in [0, 0.1) is 0 Å². The highest BCUT2D eigenvalue weighted by Gasteiger charge is 2.11. The van der Waals surface area contributed by atoms with Crippen molar-refractivity contribution in [2.24, 2.45) is 0 Å². The van der Waals surface area contributed by atoms with Gasteiger partial charge in [0.2, 0.25) is 0 Å². The standard InChI is InChI=1S/C22H22N2O2/c1-23-18-8-5-9-19(15-18)24-21-14-17(12-13-20(21)22(25)26)11-10-16-6-3-2-4-7-16/h2-9,12-15,23-24H,10-11H2,1H3,(H,25,26). The van der Waals surface area contributed by atoms with Gasteiger partial charge in [0, 0.05) is 18.4 Å². The van der Waals surface area contributed by atoms with Crippen molar-refractivity contribution in [3.8, 4) is 0 Å². The van der Waals surface area contributed by atoms with Gasteiger partial charge in [-0.25, -0.2) is 4.79 Å². The van der Waals surface area contributed by atoms with Crippen molar-refractivity contribution in [3.63, 3.8) is 0 Å². The molecule has 0 fully saturated rings. The van der Waals surface area contributed by atoms with E-state index >= 15 is 0 Å². The number of aromatic carboxylic acids is 1. The maximum absolute atomic E-state index is 11.6. The van der Waals surface area contributed by atoms with Crippen LogP contribution in [-0.4, -0.2) is 18.1 Å². The fourth-order valence-corrected chi connectivity index (χ4v) is 2.88. The summed E-state index contributed by atoms with van der Waals surface area (Å²) < 4.78 is 0. The van der Waals surface area contributed by atoms with Crippen LogP contribution in [0.15, 0.2) is 72.8 Å². The van der Waals surface area contributed by atoms with Crippen molar-refractivity contribution in [1.82, 2.24) is 0 Å². The van der Waals surface area contributed by atoms with Crippen LogP contribution in [0.1, 0.15) is 21.5 Å². The Hall–Kier alpha value is -3.27. The fraction of sp³-hybridized carbons (Fsp3) is 0.136. The van der Waals surface area contributed by atoms with Crippen LogP contribution in [-0.2, 0) is 12.8 Å². The van der Waals surface area contributed by atoms with Crippen LogP contribution in [0.5, 0.6) is 0 Å². The predicted octanol–water partition coefficient (Wildman–Crippen LogP) is 4.96. The Morgan fingerprint density at radius 2 is 1.58 bits per heavy atom. The minimum absolute atomic E-state index is 0.267. The van der Waals surface area contributed by atoms with E-state index in [-0.39, 0.29) is 5.56 Å². The summed E-state index contributed by atoms with van der Waals surface area (Å²) in [7, 11) is 1.85. The number of nitrogens with one attached hydrogen (secondary N) is 2. The molecule has 0 aliphatic heterocycles. The molecule has 26 heavy (non-hydrogen) atoms. The molecule has 0 aliphatic rings. The lowest BCUT2D eigenvalue weighted by atomic mass is 10.0. The number of hydrogen-bond donors (Lipinski definition) is 3. The molecule has 4 nitrogen and oxygen atoms in total. The van der Waals surface area contributed by atoms with Gasteiger partial charge >= 0.3 is 5.97 Å². The normalized spacial score (nSPS) is 10.3. The lowest BCUT2D eigenvalue weighted by Gasteiger charge is -2.13. The third-order valence-corrected chi connectivity index (χ3v) is 4.29. The van der Waals surface area contributed by atoms with E-state index in [9.17, 15) is 9.90 Å². The molecule has 3 aromatic carbocycles. The lowest BCUT2D eigenvalue weighted by molar-refractivity contribution is 0.0698. The van der Waals surface area contributed by atoms with Crippen LogP contribution in [0.2, 0.25) is 0 Å². The molecule has 132 valence electrons. The zero-order valence-electron chi connectivity index (χ0n) is 14.7.